The van der Waals surface area contributed by atoms with Gasteiger partial charge in [-0.1, -0.05) is 17.7 Å². The summed E-state index contributed by atoms with van der Waals surface area (Å²) >= 11 is 0. The molecular formula is C11H15NO4S. The van der Waals surface area contributed by atoms with Crippen LogP contribution in [0.25, 0.3) is 0 Å². The number of aryl methyl sites for hydroxylation is 1. The first-order valence-corrected chi connectivity index (χ1v) is 6.67. The van der Waals surface area contributed by atoms with Crippen LogP contribution in [-0.4, -0.2) is 26.0 Å². The van der Waals surface area contributed by atoms with E-state index in [4.69, 9.17) is 5.11 Å². The number of hydrogen-bond acceptors (Lipinski definition) is 4. The Morgan fingerprint density at radius 3 is 2.41 bits per heavy atom. The van der Waals surface area contributed by atoms with E-state index in [9.17, 15) is 13.2 Å². The summed E-state index contributed by atoms with van der Waals surface area (Å²) in [6.07, 6.45) is 0.233. The van der Waals surface area contributed by atoms with E-state index in [2.05, 4.69) is 0 Å². The van der Waals surface area contributed by atoms with Crippen LogP contribution in [0, 0.1) is 6.92 Å². The minimum absolute atomic E-state index is 0.0123. The molecule has 2 N–H and O–H groups in total. The lowest BCUT2D eigenvalue weighted by molar-refractivity contribution is -0.119. The molecule has 1 rings (SSSR count). The predicted octanol–water partition coefficient (Wildman–Crippen LogP) is 0.572. The van der Waals surface area contributed by atoms with E-state index >= 15 is 0 Å². The maximum absolute atomic E-state index is 11.7. The summed E-state index contributed by atoms with van der Waals surface area (Å²) in [4.78, 5) is 11.3. The molecule has 94 valence electrons. The largest absolute Gasteiger partial charge is 0.396 e. The van der Waals surface area contributed by atoms with Crippen LogP contribution in [-0.2, 0) is 14.8 Å². The Hall–Kier alpha value is -1.40. The summed E-state index contributed by atoms with van der Waals surface area (Å²) in [6, 6.07) is 6.20. The first-order chi connectivity index (χ1) is 7.95. The van der Waals surface area contributed by atoms with Crippen LogP contribution in [0.5, 0.6) is 0 Å². The van der Waals surface area contributed by atoms with Crippen LogP contribution in [0.1, 0.15) is 18.4 Å². The Morgan fingerprint density at radius 2 is 1.88 bits per heavy atom. The second-order valence-electron chi connectivity index (χ2n) is 3.67. The van der Waals surface area contributed by atoms with E-state index in [-0.39, 0.29) is 24.3 Å². The fourth-order valence-corrected chi connectivity index (χ4v) is 2.23. The lowest BCUT2D eigenvalue weighted by Crippen LogP contribution is -2.30. The fourth-order valence-electron chi connectivity index (χ4n) is 1.22. The Bertz CT molecular complexity index is 479. The third kappa shape index (κ3) is 4.16. The highest BCUT2D eigenvalue weighted by Crippen LogP contribution is 2.09. The van der Waals surface area contributed by atoms with Crippen molar-refractivity contribution in [1.29, 1.82) is 0 Å². The van der Waals surface area contributed by atoms with Gasteiger partial charge in [-0.3, -0.25) is 4.79 Å². The molecule has 1 amide bonds. The summed E-state index contributed by atoms with van der Waals surface area (Å²) < 4.78 is 25.4. The first-order valence-electron chi connectivity index (χ1n) is 5.19. The first kappa shape index (κ1) is 13.7. The van der Waals surface area contributed by atoms with E-state index < -0.39 is 15.9 Å². The van der Waals surface area contributed by atoms with Crippen molar-refractivity contribution >= 4 is 15.9 Å². The molecule has 0 unspecified atom stereocenters. The number of aliphatic hydroxyl groups excluding tert-OH is 1. The van der Waals surface area contributed by atoms with Gasteiger partial charge < -0.3 is 5.11 Å². The third-order valence-electron chi connectivity index (χ3n) is 2.14. The molecule has 0 saturated heterocycles. The lowest BCUT2D eigenvalue weighted by Gasteiger charge is -2.06. The second kappa shape index (κ2) is 5.79. The molecule has 0 spiro atoms. The second-order valence-corrected chi connectivity index (χ2v) is 5.35. The Morgan fingerprint density at radius 1 is 1.29 bits per heavy atom. The summed E-state index contributed by atoms with van der Waals surface area (Å²) in [5.41, 5.74) is 0.940. The van der Waals surface area contributed by atoms with Crippen molar-refractivity contribution in [2.24, 2.45) is 0 Å². The number of aliphatic hydroxyl groups is 1. The zero-order valence-corrected chi connectivity index (χ0v) is 10.3. The van der Waals surface area contributed by atoms with Crippen molar-refractivity contribution < 1.29 is 18.3 Å². The molecule has 0 radical (unpaired) electrons. The topological polar surface area (TPSA) is 83.5 Å². The maximum atomic E-state index is 11.7. The number of nitrogens with one attached hydrogen (secondary N) is 1. The standard InChI is InChI=1S/C11H15NO4S/c1-9-4-6-10(7-5-9)17(15,16)12-11(14)3-2-8-13/h4-7,13H,2-3,8H2,1H3,(H,12,14). The average Bonchev–Trinajstić information content (AvgIpc) is 2.26. The summed E-state index contributed by atoms with van der Waals surface area (Å²) in [5, 5.41) is 8.53. The highest BCUT2D eigenvalue weighted by atomic mass is 32.2. The van der Waals surface area contributed by atoms with E-state index in [1.54, 1.807) is 12.1 Å². The zero-order chi connectivity index (χ0) is 12.9. The fraction of sp³-hybridized carbons (Fsp3) is 0.364. The van der Waals surface area contributed by atoms with Crippen LogP contribution >= 0.6 is 0 Å². The van der Waals surface area contributed by atoms with E-state index in [0.29, 0.717) is 0 Å². The molecule has 6 heteroatoms. The van der Waals surface area contributed by atoms with E-state index in [0.717, 1.165) is 5.56 Å². The molecule has 0 aliphatic heterocycles. The quantitative estimate of drug-likeness (QED) is 0.808. The number of sulfonamides is 1. The van der Waals surface area contributed by atoms with E-state index in [1.165, 1.54) is 12.1 Å². The van der Waals surface area contributed by atoms with Crippen LogP contribution in [0.4, 0.5) is 0 Å². The van der Waals surface area contributed by atoms with Gasteiger partial charge in [-0.15, -0.1) is 0 Å². The lowest BCUT2D eigenvalue weighted by atomic mass is 10.2. The number of rotatable bonds is 5. The Balaban J connectivity index is 2.75. The minimum Gasteiger partial charge on any atom is -0.396 e. The van der Waals surface area contributed by atoms with Crippen molar-refractivity contribution in [3.8, 4) is 0 Å². The summed E-state index contributed by atoms with van der Waals surface area (Å²) in [6.45, 7) is 1.70. The monoisotopic (exact) mass is 257 g/mol. The molecule has 0 saturated carbocycles. The molecule has 1 aromatic rings. The molecule has 0 aromatic heterocycles. The summed E-state index contributed by atoms with van der Waals surface area (Å²) in [7, 11) is -3.79. The van der Waals surface area contributed by atoms with Gasteiger partial charge >= 0.3 is 0 Å². The van der Waals surface area contributed by atoms with Gasteiger partial charge in [0.2, 0.25) is 5.91 Å². The van der Waals surface area contributed by atoms with Crippen molar-refractivity contribution in [1.82, 2.24) is 4.72 Å². The molecule has 17 heavy (non-hydrogen) atoms. The van der Waals surface area contributed by atoms with Crippen molar-refractivity contribution in [3.63, 3.8) is 0 Å². The predicted molar refractivity (Wildman–Crippen MR) is 62.8 cm³/mol. The molecule has 5 nitrogen and oxygen atoms in total. The molecule has 0 aliphatic carbocycles. The van der Waals surface area contributed by atoms with Gasteiger partial charge in [-0.2, -0.15) is 0 Å². The summed E-state index contributed by atoms with van der Waals surface area (Å²) in [5.74, 6) is -0.611. The molecule has 0 heterocycles. The van der Waals surface area contributed by atoms with Gasteiger partial charge in [0.15, 0.2) is 0 Å². The normalized spacial score (nSPS) is 11.2. The highest BCUT2D eigenvalue weighted by molar-refractivity contribution is 7.90. The van der Waals surface area contributed by atoms with Gasteiger partial charge in [0.05, 0.1) is 4.90 Å². The maximum Gasteiger partial charge on any atom is 0.264 e. The SMILES string of the molecule is Cc1ccc(S(=O)(=O)NC(=O)CCCO)cc1. The zero-order valence-electron chi connectivity index (χ0n) is 9.51. The van der Waals surface area contributed by atoms with Crippen LogP contribution < -0.4 is 4.72 Å². The molecule has 0 bridgehead atoms. The molecule has 0 atom stereocenters. The number of hydrogen-bond donors (Lipinski definition) is 2. The van der Waals surface area contributed by atoms with Crippen LogP contribution in [0.3, 0.4) is 0 Å². The van der Waals surface area contributed by atoms with Crippen molar-refractivity contribution in [2.45, 2.75) is 24.7 Å². The third-order valence-corrected chi connectivity index (χ3v) is 3.53. The van der Waals surface area contributed by atoms with Gasteiger partial charge in [0.25, 0.3) is 10.0 Å². The molecular weight excluding hydrogens is 242 g/mol. The number of benzene rings is 1. The van der Waals surface area contributed by atoms with E-state index in [1.807, 2.05) is 11.6 Å². The molecule has 0 aliphatic rings. The number of carbonyl (C=O) groups is 1. The van der Waals surface area contributed by atoms with Crippen molar-refractivity contribution in [2.75, 3.05) is 6.61 Å². The minimum atomic E-state index is -3.79. The Kier molecular flexibility index (Phi) is 4.65. The number of amides is 1. The van der Waals surface area contributed by atoms with Gasteiger partial charge in [0, 0.05) is 13.0 Å². The molecule has 0 fully saturated rings. The Labute approximate surface area is 101 Å². The van der Waals surface area contributed by atoms with Crippen LogP contribution in [0.15, 0.2) is 29.2 Å². The van der Waals surface area contributed by atoms with Crippen LogP contribution in [0.2, 0.25) is 0 Å². The van der Waals surface area contributed by atoms with Gasteiger partial charge in [-0.05, 0) is 25.5 Å². The average molecular weight is 257 g/mol. The molecule has 1 aromatic carbocycles. The number of carbonyl (C=O) groups excluding carboxylic acids is 1. The van der Waals surface area contributed by atoms with Gasteiger partial charge in [-0.25, -0.2) is 13.1 Å². The highest BCUT2D eigenvalue weighted by Gasteiger charge is 2.16. The smallest absolute Gasteiger partial charge is 0.264 e. The van der Waals surface area contributed by atoms with Gasteiger partial charge in [0.1, 0.15) is 0 Å². The van der Waals surface area contributed by atoms with Crippen molar-refractivity contribution in [3.05, 3.63) is 29.8 Å².